The number of urea groups is 1. The highest BCUT2D eigenvalue weighted by Gasteiger charge is 2.20. The van der Waals surface area contributed by atoms with Gasteiger partial charge in [-0.05, 0) is 25.8 Å². The zero-order valence-electron chi connectivity index (χ0n) is 10.3. The Hall–Kier alpha value is -1.30. The highest BCUT2D eigenvalue weighted by Crippen LogP contribution is 2.09. The lowest BCUT2D eigenvalue weighted by atomic mass is 10.1. The molecule has 0 aliphatic carbocycles. The highest BCUT2D eigenvalue weighted by atomic mass is 16.5. The fourth-order valence-corrected chi connectivity index (χ4v) is 1.94. The summed E-state index contributed by atoms with van der Waals surface area (Å²) in [6, 6.07) is 0.0809. The van der Waals surface area contributed by atoms with Crippen LogP contribution < -0.4 is 11.1 Å². The summed E-state index contributed by atoms with van der Waals surface area (Å²) in [4.78, 5) is 23.4. The molecule has 2 amide bonds. The molecule has 0 aromatic carbocycles. The molecule has 98 valence electrons. The number of hydrogen-bond acceptors (Lipinski definition) is 4. The van der Waals surface area contributed by atoms with Gasteiger partial charge in [-0.3, -0.25) is 4.79 Å². The van der Waals surface area contributed by atoms with E-state index in [-0.39, 0.29) is 12.0 Å². The molecule has 0 spiro atoms. The van der Waals surface area contributed by atoms with Gasteiger partial charge in [0.2, 0.25) is 0 Å². The molecule has 0 radical (unpaired) electrons. The molecule has 1 rings (SSSR count). The van der Waals surface area contributed by atoms with Crippen LogP contribution in [0.1, 0.15) is 25.7 Å². The van der Waals surface area contributed by atoms with Gasteiger partial charge in [-0.1, -0.05) is 0 Å². The Balaban J connectivity index is 2.06. The van der Waals surface area contributed by atoms with E-state index in [1.54, 1.807) is 4.90 Å². The van der Waals surface area contributed by atoms with E-state index in [9.17, 15) is 9.59 Å². The van der Waals surface area contributed by atoms with E-state index in [4.69, 9.17) is 5.73 Å². The number of carbonyl (C=O) groups is 2. The molecule has 1 fully saturated rings. The zero-order valence-corrected chi connectivity index (χ0v) is 10.3. The first-order chi connectivity index (χ1) is 8.13. The van der Waals surface area contributed by atoms with Crippen LogP contribution in [0.15, 0.2) is 0 Å². The molecule has 0 unspecified atom stereocenters. The summed E-state index contributed by atoms with van der Waals surface area (Å²) in [6.45, 7) is 2.23. The number of nitrogens with two attached hydrogens (primary N) is 1. The SMILES string of the molecule is COC(=O)CCCNC1CCN(C(N)=O)CC1. The van der Waals surface area contributed by atoms with Crippen molar-refractivity contribution >= 4 is 12.0 Å². The first kappa shape index (κ1) is 13.8. The van der Waals surface area contributed by atoms with Crippen LogP contribution in [0.3, 0.4) is 0 Å². The van der Waals surface area contributed by atoms with Crippen molar-refractivity contribution in [3.05, 3.63) is 0 Å². The molecule has 0 aromatic rings. The number of ether oxygens (including phenoxy) is 1. The molecule has 1 aliphatic heterocycles. The standard InChI is InChI=1S/C11H21N3O3/c1-17-10(15)3-2-6-13-9-4-7-14(8-5-9)11(12)16/h9,13H,2-8H2,1H3,(H2,12,16). The maximum atomic E-state index is 10.9. The van der Waals surface area contributed by atoms with E-state index in [0.29, 0.717) is 25.6 Å². The van der Waals surface area contributed by atoms with Gasteiger partial charge >= 0.3 is 12.0 Å². The van der Waals surface area contributed by atoms with Crippen molar-refractivity contribution < 1.29 is 14.3 Å². The molecule has 3 N–H and O–H groups in total. The normalized spacial score (nSPS) is 16.9. The second kappa shape index (κ2) is 7.11. The van der Waals surface area contributed by atoms with Crippen molar-refractivity contribution in [2.45, 2.75) is 31.7 Å². The molecule has 1 aliphatic rings. The number of piperidine rings is 1. The number of nitrogens with one attached hydrogen (secondary N) is 1. The maximum absolute atomic E-state index is 10.9. The number of methoxy groups -OCH3 is 1. The topological polar surface area (TPSA) is 84.7 Å². The summed E-state index contributed by atoms with van der Waals surface area (Å²) < 4.78 is 4.56. The number of carbonyl (C=O) groups excluding carboxylic acids is 2. The molecular formula is C11H21N3O3. The van der Waals surface area contributed by atoms with Crippen LogP contribution >= 0.6 is 0 Å². The zero-order chi connectivity index (χ0) is 12.7. The Kier molecular flexibility index (Phi) is 5.76. The summed E-state index contributed by atoms with van der Waals surface area (Å²) in [5.74, 6) is -0.171. The first-order valence-electron chi connectivity index (χ1n) is 5.98. The minimum absolute atomic E-state index is 0.171. The molecule has 6 heteroatoms. The van der Waals surface area contributed by atoms with Crippen LogP contribution in [0.5, 0.6) is 0 Å². The van der Waals surface area contributed by atoms with E-state index in [0.717, 1.165) is 25.8 Å². The predicted octanol–water partition coefficient (Wildman–Crippen LogP) is 0.0723. The van der Waals surface area contributed by atoms with Crippen LogP contribution in [0.25, 0.3) is 0 Å². The van der Waals surface area contributed by atoms with Gasteiger partial charge in [0, 0.05) is 25.6 Å². The van der Waals surface area contributed by atoms with E-state index in [1.165, 1.54) is 7.11 Å². The van der Waals surface area contributed by atoms with Gasteiger partial charge in [0.15, 0.2) is 0 Å². The summed E-state index contributed by atoms with van der Waals surface area (Å²) >= 11 is 0. The van der Waals surface area contributed by atoms with Crippen molar-refractivity contribution in [3.8, 4) is 0 Å². The Morgan fingerprint density at radius 2 is 2.06 bits per heavy atom. The molecule has 1 heterocycles. The summed E-state index contributed by atoms with van der Waals surface area (Å²) in [5, 5.41) is 3.37. The number of primary amides is 1. The fraction of sp³-hybridized carbons (Fsp3) is 0.818. The lowest BCUT2D eigenvalue weighted by Crippen LogP contribution is -2.47. The van der Waals surface area contributed by atoms with Crippen molar-refractivity contribution in [3.63, 3.8) is 0 Å². The smallest absolute Gasteiger partial charge is 0.314 e. The third-order valence-corrected chi connectivity index (χ3v) is 3.02. The van der Waals surface area contributed by atoms with Gasteiger partial charge in [0.25, 0.3) is 0 Å². The van der Waals surface area contributed by atoms with Gasteiger partial charge < -0.3 is 20.7 Å². The second-order valence-corrected chi connectivity index (χ2v) is 4.23. The summed E-state index contributed by atoms with van der Waals surface area (Å²) in [5.41, 5.74) is 5.20. The van der Waals surface area contributed by atoms with Gasteiger partial charge in [-0.15, -0.1) is 0 Å². The lowest BCUT2D eigenvalue weighted by molar-refractivity contribution is -0.140. The predicted molar refractivity (Wildman–Crippen MR) is 63.4 cm³/mol. The molecule has 0 bridgehead atoms. The van der Waals surface area contributed by atoms with Gasteiger partial charge in [-0.25, -0.2) is 4.79 Å². The van der Waals surface area contributed by atoms with Crippen LogP contribution in [0.2, 0.25) is 0 Å². The minimum Gasteiger partial charge on any atom is -0.469 e. The van der Waals surface area contributed by atoms with Crippen LogP contribution in [0.4, 0.5) is 4.79 Å². The average molecular weight is 243 g/mol. The highest BCUT2D eigenvalue weighted by molar-refractivity contribution is 5.72. The van der Waals surface area contributed by atoms with Crippen molar-refractivity contribution in [2.24, 2.45) is 5.73 Å². The number of likely N-dealkylation sites (tertiary alicyclic amines) is 1. The van der Waals surface area contributed by atoms with E-state index >= 15 is 0 Å². The van der Waals surface area contributed by atoms with Crippen molar-refractivity contribution in [2.75, 3.05) is 26.7 Å². The van der Waals surface area contributed by atoms with E-state index in [2.05, 4.69) is 10.1 Å². The number of rotatable bonds is 5. The number of esters is 1. The summed E-state index contributed by atoms with van der Waals surface area (Å²) in [6.07, 6.45) is 3.06. The minimum atomic E-state index is -0.339. The van der Waals surface area contributed by atoms with E-state index < -0.39 is 0 Å². The Labute approximate surface area is 101 Å². The third kappa shape index (κ3) is 5.04. The van der Waals surface area contributed by atoms with Crippen molar-refractivity contribution in [1.82, 2.24) is 10.2 Å². The monoisotopic (exact) mass is 243 g/mol. The molecule has 0 saturated carbocycles. The molecule has 1 saturated heterocycles. The number of amides is 2. The van der Waals surface area contributed by atoms with E-state index in [1.807, 2.05) is 0 Å². The fourth-order valence-electron chi connectivity index (χ4n) is 1.94. The third-order valence-electron chi connectivity index (χ3n) is 3.02. The van der Waals surface area contributed by atoms with Gasteiger partial charge in [-0.2, -0.15) is 0 Å². The van der Waals surface area contributed by atoms with Crippen LogP contribution in [-0.4, -0.2) is 49.7 Å². The second-order valence-electron chi connectivity index (χ2n) is 4.23. The van der Waals surface area contributed by atoms with Gasteiger partial charge in [0.05, 0.1) is 7.11 Å². The quantitative estimate of drug-likeness (QED) is 0.528. The van der Waals surface area contributed by atoms with Gasteiger partial charge in [0.1, 0.15) is 0 Å². The maximum Gasteiger partial charge on any atom is 0.314 e. The lowest BCUT2D eigenvalue weighted by Gasteiger charge is -2.31. The van der Waals surface area contributed by atoms with Crippen LogP contribution in [-0.2, 0) is 9.53 Å². The molecular weight excluding hydrogens is 222 g/mol. The Morgan fingerprint density at radius 3 is 2.59 bits per heavy atom. The Bertz CT molecular complexity index is 263. The number of nitrogens with zero attached hydrogens (tertiary/aromatic N) is 1. The van der Waals surface area contributed by atoms with Crippen LogP contribution in [0, 0.1) is 0 Å². The summed E-state index contributed by atoms with van der Waals surface area (Å²) in [7, 11) is 1.40. The molecule has 0 atom stereocenters. The Morgan fingerprint density at radius 1 is 1.41 bits per heavy atom. The molecule has 6 nitrogen and oxygen atoms in total. The molecule has 17 heavy (non-hydrogen) atoms. The molecule has 0 aromatic heterocycles. The average Bonchev–Trinajstić information content (AvgIpc) is 2.34. The largest absolute Gasteiger partial charge is 0.469 e. The first-order valence-corrected chi connectivity index (χ1v) is 5.98. The number of hydrogen-bond donors (Lipinski definition) is 2. The van der Waals surface area contributed by atoms with Crippen molar-refractivity contribution in [1.29, 1.82) is 0 Å².